The van der Waals surface area contributed by atoms with E-state index in [1.165, 1.54) is 7.11 Å². The highest BCUT2D eigenvalue weighted by atomic mass is 19.1. The van der Waals surface area contributed by atoms with Gasteiger partial charge in [0.25, 0.3) is 0 Å². The lowest BCUT2D eigenvalue weighted by molar-refractivity contribution is -0.0259. The first-order valence-electron chi connectivity index (χ1n) is 9.97. The van der Waals surface area contributed by atoms with Gasteiger partial charge in [-0.2, -0.15) is 0 Å². The van der Waals surface area contributed by atoms with Gasteiger partial charge >= 0.3 is 12.2 Å². The summed E-state index contributed by atoms with van der Waals surface area (Å²) in [6, 6.07) is 3.21. The summed E-state index contributed by atoms with van der Waals surface area (Å²) >= 11 is 0. The van der Waals surface area contributed by atoms with Gasteiger partial charge in [0.1, 0.15) is 17.2 Å². The molecule has 2 rings (SSSR count). The van der Waals surface area contributed by atoms with Crippen molar-refractivity contribution in [3.05, 3.63) is 35.4 Å². The number of hydrogen-bond acceptors (Lipinski definition) is 5. The second kappa shape index (κ2) is 10.6. The Morgan fingerprint density at radius 1 is 1.30 bits per heavy atom. The molecule has 0 spiro atoms. The van der Waals surface area contributed by atoms with Gasteiger partial charge in [-0.15, -0.1) is 0 Å². The minimum atomic E-state index is -0.787. The Hall–Kier alpha value is -2.42. The number of nitrogens with zero attached hydrogens (tertiary/aromatic N) is 1. The number of halogens is 2. The molecule has 1 aromatic rings. The summed E-state index contributed by atoms with van der Waals surface area (Å²) in [4.78, 5) is 25.2. The number of ether oxygens (including phenoxy) is 3. The largest absolute Gasteiger partial charge is 0.453 e. The topological polar surface area (TPSA) is 77.1 Å². The van der Waals surface area contributed by atoms with Crippen molar-refractivity contribution in [2.45, 2.75) is 45.3 Å². The van der Waals surface area contributed by atoms with Crippen molar-refractivity contribution >= 4 is 12.2 Å². The predicted octanol–water partition coefficient (Wildman–Crippen LogP) is 4.03. The van der Waals surface area contributed by atoms with Crippen molar-refractivity contribution in [3.63, 3.8) is 0 Å². The molecule has 1 unspecified atom stereocenters. The van der Waals surface area contributed by atoms with Crippen molar-refractivity contribution in [3.8, 4) is 0 Å². The summed E-state index contributed by atoms with van der Waals surface area (Å²) in [6.45, 7) is 6.38. The molecule has 0 radical (unpaired) electrons. The molecule has 7 nitrogen and oxygen atoms in total. The number of carbonyl (C=O) groups excluding carboxylic acids is 2. The Morgan fingerprint density at radius 2 is 2.03 bits per heavy atom. The van der Waals surface area contributed by atoms with Gasteiger partial charge in [-0.3, -0.25) is 0 Å². The fourth-order valence-corrected chi connectivity index (χ4v) is 3.37. The minimum Gasteiger partial charge on any atom is -0.453 e. The van der Waals surface area contributed by atoms with Crippen molar-refractivity contribution < 1.29 is 32.6 Å². The van der Waals surface area contributed by atoms with Crippen LogP contribution in [-0.4, -0.2) is 56.0 Å². The van der Waals surface area contributed by atoms with Crippen LogP contribution in [0.15, 0.2) is 18.2 Å². The number of alkyl carbamates (subject to hydrolysis) is 1. The molecule has 2 atom stereocenters. The average Bonchev–Trinajstić information content (AvgIpc) is 2.68. The van der Waals surface area contributed by atoms with E-state index in [0.29, 0.717) is 25.9 Å². The summed E-state index contributed by atoms with van der Waals surface area (Å²) in [7, 11) is 1.24. The number of rotatable bonds is 6. The molecule has 30 heavy (non-hydrogen) atoms. The monoisotopic (exact) mass is 428 g/mol. The third kappa shape index (κ3) is 7.12. The molecule has 0 aliphatic carbocycles. The van der Waals surface area contributed by atoms with E-state index in [1.807, 2.05) is 0 Å². The number of amides is 2. The van der Waals surface area contributed by atoms with Gasteiger partial charge < -0.3 is 24.4 Å². The molecule has 1 N–H and O–H groups in total. The zero-order valence-electron chi connectivity index (χ0n) is 17.9. The number of carbonyl (C=O) groups is 2. The van der Waals surface area contributed by atoms with E-state index < -0.39 is 35.5 Å². The highest BCUT2D eigenvalue weighted by Crippen LogP contribution is 2.35. The molecule has 0 bridgehead atoms. The fourth-order valence-electron chi connectivity index (χ4n) is 3.37. The number of hydrogen-bond donors (Lipinski definition) is 1. The van der Waals surface area contributed by atoms with Gasteiger partial charge in [0, 0.05) is 31.1 Å². The van der Waals surface area contributed by atoms with Gasteiger partial charge in [-0.05, 0) is 51.8 Å². The van der Waals surface area contributed by atoms with Crippen LogP contribution in [0.4, 0.5) is 18.4 Å². The molecule has 168 valence electrons. The molecule has 1 fully saturated rings. The van der Waals surface area contributed by atoms with Gasteiger partial charge in [-0.1, -0.05) is 0 Å². The molecule has 2 amide bonds. The molecule has 1 aliphatic heterocycles. The van der Waals surface area contributed by atoms with Crippen molar-refractivity contribution in [2.75, 3.05) is 33.4 Å². The normalized spacial score (nSPS) is 17.9. The molecular weight excluding hydrogens is 398 g/mol. The standard InChI is InChI=1S/C21H30F2N2O5/c1-21(2,3)30-20(27)25-10-5-6-14(13-25)18(29-11-9-24-19(26)28-4)16-12-15(22)7-8-17(16)23/h7-8,12,14,18H,5-6,9-11,13H2,1-4H3,(H,24,26)/t14?,18-/m1/s1. The molecule has 1 heterocycles. The van der Waals surface area contributed by atoms with Crippen LogP contribution in [0.2, 0.25) is 0 Å². The molecule has 0 aromatic heterocycles. The van der Waals surface area contributed by atoms with E-state index in [4.69, 9.17) is 9.47 Å². The first-order valence-corrected chi connectivity index (χ1v) is 9.97. The lowest BCUT2D eigenvalue weighted by Crippen LogP contribution is -2.44. The molecule has 0 saturated carbocycles. The van der Waals surface area contributed by atoms with Crippen LogP contribution < -0.4 is 5.32 Å². The highest BCUT2D eigenvalue weighted by Gasteiger charge is 2.34. The van der Waals surface area contributed by atoms with Crippen LogP contribution in [0.1, 0.15) is 45.3 Å². The third-order valence-corrected chi connectivity index (χ3v) is 4.66. The quantitative estimate of drug-likeness (QED) is 0.693. The number of methoxy groups -OCH3 is 1. The third-order valence-electron chi connectivity index (χ3n) is 4.66. The Kier molecular flexibility index (Phi) is 8.40. The van der Waals surface area contributed by atoms with Gasteiger partial charge in [0.15, 0.2) is 0 Å². The zero-order chi connectivity index (χ0) is 22.3. The van der Waals surface area contributed by atoms with Crippen LogP contribution in [0.3, 0.4) is 0 Å². The average molecular weight is 428 g/mol. The van der Waals surface area contributed by atoms with Crippen molar-refractivity contribution in [1.82, 2.24) is 10.2 Å². The van der Waals surface area contributed by atoms with Crippen LogP contribution >= 0.6 is 0 Å². The number of piperidine rings is 1. The van der Waals surface area contributed by atoms with E-state index in [-0.39, 0.29) is 24.6 Å². The van der Waals surface area contributed by atoms with Gasteiger partial charge in [-0.25, -0.2) is 18.4 Å². The Labute approximate surface area is 175 Å². The number of nitrogens with one attached hydrogen (secondary N) is 1. The minimum absolute atomic E-state index is 0.0681. The molecule has 9 heteroatoms. The van der Waals surface area contributed by atoms with Gasteiger partial charge in [0.05, 0.1) is 19.8 Å². The van der Waals surface area contributed by atoms with E-state index >= 15 is 0 Å². The summed E-state index contributed by atoms with van der Waals surface area (Å²) in [5.41, 5.74) is -0.544. The van der Waals surface area contributed by atoms with Crippen molar-refractivity contribution in [1.29, 1.82) is 0 Å². The first-order chi connectivity index (χ1) is 14.1. The van der Waals surface area contributed by atoms with Crippen LogP contribution in [-0.2, 0) is 14.2 Å². The summed E-state index contributed by atoms with van der Waals surface area (Å²) in [6.07, 6.45) is -0.491. The lowest BCUT2D eigenvalue weighted by Gasteiger charge is -2.37. The van der Waals surface area contributed by atoms with E-state index in [2.05, 4.69) is 10.1 Å². The number of likely N-dealkylation sites (tertiary alicyclic amines) is 1. The second-order valence-electron chi connectivity index (χ2n) is 8.20. The summed E-state index contributed by atoms with van der Waals surface area (Å²) < 4.78 is 44.1. The van der Waals surface area contributed by atoms with Crippen LogP contribution in [0, 0.1) is 17.6 Å². The zero-order valence-corrected chi connectivity index (χ0v) is 17.9. The summed E-state index contributed by atoms with van der Waals surface area (Å²) in [5.74, 6) is -1.43. The van der Waals surface area contributed by atoms with E-state index in [0.717, 1.165) is 18.2 Å². The van der Waals surface area contributed by atoms with Crippen LogP contribution in [0.25, 0.3) is 0 Å². The van der Waals surface area contributed by atoms with E-state index in [9.17, 15) is 18.4 Å². The predicted molar refractivity (Wildman–Crippen MR) is 106 cm³/mol. The Morgan fingerprint density at radius 3 is 2.70 bits per heavy atom. The first kappa shape index (κ1) is 23.9. The molecule has 1 saturated heterocycles. The van der Waals surface area contributed by atoms with Crippen LogP contribution in [0.5, 0.6) is 0 Å². The summed E-state index contributed by atoms with van der Waals surface area (Å²) in [5, 5.41) is 2.48. The number of benzene rings is 1. The smallest absolute Gasteiger partial charge is 0.410 e. The maximum atomic E-state index is 14.5. The lowest BCUT2D eigenvalue weighted by atomic mass is 9.88. The highest BCUT2D eigenvalue weighted by molar-refractivity contribution is 5.68. The molecule has 1 aliphatic rings. The SMILES string of the molecule is COC(=O)NCCO[C@@H](c1cc(F)ccc1F)C1CCCN(C(=O)OC(C)(C)C)C1. The maximum Gasteiger partial charge on any atom is 0.410 e. The maximum absolute atomic E-state index is 14.5. The molecule has 1 aromatic carbocycles. The Balaban J connectivity index is 2.15. The second-order valence-corrected chi connectivity index (χ2v) is 8.20. The van der Waals surface area contributed by atoms with E-state index in [1.54, 1.807) is 25.7 Å². The fraction of sp³-hybridized carbons (Fsp3) is 0.619. The molecular formula is C21H30F2N2O5. The van der Waals surface area contributed by atoms with Gasteiger partial charge in [0.2, 0.25) is 0 Å². The van der Waals surface area contributed by atoms with Crippen molar-refractivity contribution in [2.24, 2.45) is 5.92 Å². The Bertz CT molecular complexity index is 739.